The monoisotopic (exact) mass is 572 g/mol. The molecule has 0 radical (unpaired) electrons. The number of rotatable bonds is 4. The van der Waals surface area contributed by atoms with Crippen molar-refractivity contribution in [2.24, 2.45) is 4.99 Å². The molecule has 6 nitrogen and oxygen atoms in total. The van der Waals surface area contributed by atoms with Crippen LogP contribution >= 0.6 is 62.3 Å². The van der Waals surface area contributed by atoms with Crippen LogP contribution in [-0.2, 0) is 4.79 Å². The van der Waals surface area contributed by atoms with Crippen molar-refractivity contribution in [3.05, 3.63) is 57.5 Å². The number of alkyl halides is 3. The molecule has 1 heterocycles. The van der Waals surface area contributed by atoms with Crippen LogP contribution in [0, 0.1) is 11.6 Å². The summed E-state index contributed by atoms with van der Waals surface area (Å²) >= 11 is 26.8. The van der Waals surface area contributed by atoms with Crippen molar-refractivity contribution in [1.29, 1.82) is 0 Å². The molecular weight excluding hydrogens is 564 g/mol. The van der Waals surface area contributed by atoms with Crippen LogP contribution in [0.4, 0.5) is 25.0 Å². The fourth-order valence-electron chi connectivity index (χ4n) is 2.65. The second-order valence-corrected chi connectivity index (χ2v) is 9.77. The van der Waals surface area contributed by atoms with Gasteiger partial charge < -0.3 is 5.32 Å². The quantitative estimate of drug-likeness (QED) is 0.277. The molecule has 13 heteroatoms. The van der Waals surface area contributed by atoms with Crippen molar-refractivity contribution >= 4 is 91.5 Å². The number of imide groups is 1. The number of hydrogen-bond donors (Lipinski definition) is 1. The Morgan fingerprint density at radius 1 is 1.13 bits per heavy atom. The molecule has 0 aliphatic carbocycles. The molecule has 1 aliphatic rings. The summed E-state index contributed by atoms with van der Waals surface area (Å²) in [7, 11) is 1.24. The van der Waals surface area contributed by atoms with E-state index in [2.05, 4.69) is 26.2 Å². The van der Waals surface area contributed by atoms with Gasteiger partial charge in [0.1, 0.15) is 5.82 Å². The molecule has 1 atom stereocenters. The minimum Gasteiger partial charge on any atom is -0.358 e. The number of anilines is 2. The van der Waals surface area contributed by atoms with Gasteiger partial charge in [0.15, 0.2) is 12.0 Å². The van der Waals surface area contributed by atoms with Gasteiger partial charge in [0.25, 0.3) is 0 Å². The lowest BCUT2D eigenvalue weighted by Crippen LogP contribution is -2.36. The Labute approximate surface area is 203 Å². The number of nitrogens with one attached hydrogen (secondary N) is 1. The maximum absolute atomic E-state index is 14.5. The van der Waals surface area contributed by atoms with E-state index in [-0.39, 0.29) is 20.9 Å². The van der Waals surface area contributed by atoms with E-state index in [1.807, 2.05) is 0 Å². The summed E-state index contributed by atoms with van der Waals surface area (Å²) < 4.78 is 26.5. The lowest BCUT2D eigenvalue weighted by atomic mass is 10.3. The van der Waals surface area contributed by atoms with Crippen LogP contribution in [0.5, 0.6) is 0 Å². The predicted molar refractivity (Wildman–Crippen MR) is 121 cm³/mol. The largest absolute Gasteiger partial charge is 0.358 e. The van der Waals surface area contributed by atoms with Crippen LogP contribution in [-0.4, -0.2) is 39.7 Å². The fourth-order valence-corrected chi connectivity index (χ4v) is 3.45. The van der Waals surface area contributed by atoms with E-state index >= 15 is 0 Å². The topological polar surface area (TPSA) is 65.0 Å². The SMILES string of the molecule is CN1C(=O)N(c2ccccc2F)C(=O)C1=NC(Nc1ccc(Cl)c(Br)c1F)C(Cl)(Cl)Cl. The molecule has 1 unspecified atom stereocenters. The number of amides is 3. The third-order valence-electron chi connectivity index (χ3n) is 4.17. The van der Waals surface area contributed by atoms with Crippen LogP contribution in [0.1, 0.15) is 0 Å². The van der Waals surface area contributed by atoms with Gasteiger partial charge in [-0.05, 0) is 40.2 Å². The van der Waals surface area contributed by atoms with Crippen molar-refractivity contribution in [1.82, 2.24) is 4.90 Å². The maximum Gasteiger partial charge on any atom is 0.337 e. The number of amidine groups is 1. The first-order chi connectivity index (χ1) is 14.4. The zero-order valence-electron chi connectivity index (χ0n) is 15.3. The van der Waals surface area contributed by atoms with Crippen LogP contribution < -0.4 is 10.2 Å². The number of nitrogens with zero attached hydrogens (tertiary/aromatic N) is 3. The summed E-state index contributed by atoms with van der Waals surface area (Å²) in [6, 6.07) is 7.02. The second-order valence-electron chi connectivity index (χ2n) is 6.20. The Morgan fingerprint density at radius 3 is 2.39 bits per heavy atom. The number of carbonyl (C=O) groups excluding carboxylic acids is 2. The second kappa shape index (κ2) is 9.07. The molecule has 3 rings (SSSR count). The summed E-state index contributed by atoms with van der Waals surface area (Å²) in [6.45, 7) is 0. The first-order valence-electron chi connectivity index (χ1n) is 8.34. The fraction of sp³-hybridized carbons (Fsp3) is 0.167. The van der Waals surface area contributed by atoms with Gasteiger partial charge in [0.2, 0.25) is 9.63 Å². The van der Waals surface area contributed by atoms with Gasteiger partial charge in [-0.15, -0.1) is 0 Å². The Balaban J connectivity index is 2.01. The van der Waals surface area contributed by atoms with E-state index in [0.717, 1.165) is 11.0 Å². The van der Waals surface area contributed by atoms with E-state index in [0.29, 0.717) is 4.90 Å². The number of halogens is 7. The van der Waals surface area contributed by atoms with E-state index in [1.54, 1.807) is 0 Å². The molecular formula is C18H11BrCl4F2N4O2. The van der Waals surface area contributed by atoms with Crippen molar-refractivity contribution in [2.45, 2.75) is 9.96 Å². The van der Waals surface area contributed by atoms with E-state index < -0.39 is 39.4 Å². The summed E-state index contributed by atoms with van der Waals surface area (Å²) in [5.74, 6) is -2.97. The third-order valence-corrected chi connectivity index (χ3v) is 6.11. The molecule has 2 aromatic rings. The standard InChI is InChI=1S/C18H11BrCl4F2N4O2/c1-28-14(15(30)29(17(28)31)11-5-3-2-4-9(11)24)27-16(18(21,22)23)26-10-7-6-8(20)12(19)13(10)25/h2-7,16,26H,1H3. The molecule has 0 aromatic heterocycles. The summed E-state index contributed by atoms with van der Waals surface area (Å²) in [4.78, 5) is 31.0. The summed E-state index contributed by atoms with van der Waals surface area (Å²) in [5, 5.41) is 2.68. The van der Waals surface area contributed by atoms with Gasteiger partial charge in [-0.2, -0.15) is 0 Å². The zero-order chi connectivity index (χ0) is 23.1. The molecule has 31 heavy (non-hydrogen) atoms. The predicted octanol–water partition coefficient (Wildman–Crippen LogP) is 5.99. The van der Waals surface area contributed by atoms with Crippen LogP contribution in [0.25, 0.3) is 0 Å². The van der Waals surface area contributed by atoms with Crippen molar-refractivity contribution in [3.8, 4) is 0 Å². The Hall–Kier alpha value is -1.65. The maximum atomic E-state index is 14.5. The van der Waals surface area contributed by atoms with E-state index in [9.17, 15) is 18.4 Å². The number of carbonyl (C=O) groups is 2. The Bertz CT molecular complexity index is 1100. The van der Waals surface area contributed by atoms with Gasteiger partial charge in [0.05, 0.1) is 20.9 Å². The first kappa shape index (κ1) is 24.0. The van der Waals surface area contributed by atoms with Crippen molar-refractivity contribution in [2.75, 3.05) is 17.3 Å². The average Bonchev–Trinajstić information content (AvgIpc) is 2.90. The van der Waals surface area contributed by atoms with E-state index in [4.69, 9.17) is 46.4 Å². The van der Waals surface area contributed by atoms with E-state index in [1.165, 1.54) is 37.4 Å². The molecule has 1 N–H and O–H groups in total. The molecule has 1 fully saturated rings. The number of hydrogen-bond acceptors (Lipinski definition) is 4. The molecule has 2 aromatic carbocycles. The highest BCUT2D eigenvalue weighted by molar-refractivity contribution is 9.10. The molecule has 0 bridgehead atoms. The van der Waals surface area contributed by atoms with Gasteiger partial charge in [0, 0.05) is 7.05 Å². The van der Waals surface area contributed by atoms with Crippen LogP contribution in [0.15, 0.2) is 45.9 Å². The first-order valence-corrected chi connectivity index (χ1v) is 10.6. The smallest absolute Gasteiger partial charge is 0.337 e. The summed E-state index contributed by atoms with van der Waals surface area (Å²) in [6.07, 6.45) is -1.50. The van der Waals surface area contributed by atoms with Gasteiger partial charge in [-0.3, -0.25) is 9.69 Å². The minimum absolute atomic E-state index is 0.0372. The lowest BCUT2D eigenvalue weighted by molar-refractivity contribution is -0.111. The normalized spacial score (nSPS) is 17.0. The minimum atomic E-state index is -2.17. The number of likely N-dealkylation sites (N-methyl/N-ethyl adjacent to an activating group) is 1. The molecule has 1 saturated heterocycles. The number of urea groups is 1. The van der Waals surface area contributed by atoms with Crippen LogP contribution in [0.3, 0.4) is 0 Å². The Kier molecular flexibility index (Phi) is 7.02. The average molecular weight is 575 g/mol. The van der Waals surface area contributed by atoms with Gasteiger partial charge in [-0.1, -0.05) is 58.5 Å². The molecule has 1 aliphatic heterocycles. The summed E-state index contributed by atoms with van der Waals surface area (Å²) in [5.41, 5.74) is -0.400. The zero-order valence-corrected chi connectivity index (χ0v) is 20.0. The van der Waals surface area contributed by atoms with Gasteiger partial charge in [-0.25, -0.2) is 23.5 Å². The van der Waals surface area contributed by atoms with Crippen molar-refractivity contribution < 1.29 is 18.4 Å². The lowest BCUT2D eigenvalue weighted by Gasteiger charge is -2.24. The van der Waals surface area contributed by atoms with Crippen molar-refractivity contribution in [3.63, 3.8) is 0 Å². The highest BCUT2D eigenvalue weighted by Crippen LogP contribution is 2.37. The number of para-hydroxylation sites is 1. The van der Waals surface area contributed by atoms with Gasteiger partial charge >= 0.3 is 11.9 Å². The Morgan fingerprint density at radius 2 is 1.77 bits per heavy atom. The molecule has 0 saturated carbocycles. The highest BCUT2D eigenvalue weighted by Gasteiger charge is 2.44. The number of aliphatic imine (C=N–C) groups is 1. The third kappa shape index (κ3) is 4.75. The molecule has 164 valence electrons. The number of benzene rings is 2. The highest BCUT2D eigenvalue weighted by atomic mass is 79.9. The van der Waals surface area contributed by atoms with Crippen LogP contribution in [0.2, 0.25) is 5.02 Å². The molecule has 0 spiro atoms. The molecule has 3 amide bonds.